The van der Waals surface area contributed by atoms with Gasteiger partial charge in [-0.1, -0.05) is 90.5 Å². The normalized spacial score (nSPS) is 15.3. The van der Waals surface area contributed by atoms with Crippen molar-refractivity contribution >= 4 is 36.4 Å². The van der Waals surface area contributed by atoms with Crippen molar-refractivity contribution in [1.82, 2.24) is 9.80 Å². The van der Waals surface area contributed by atoms with E-state index in [1.54, 1.807) is 0 Å². The molecule has 1 heterocycles. The molecule has 1 aliphatic heterocycles. The van der Waals surface area contributed by atoms with Gasteiger partial charge in [0.05, 0.1) is 6.61 Å². The molecule has 0 amide bonds. The molecule has 0 radical (unpaired) electrons. The minimum Gasteiger partial charge on any atom is -0.367 e. The lowest BCUT2D eigenvalue weighted by Gasteiger charge is -2.35. The van der Waals surface area contributed by atoms with E-state index in [9.17, 15) is 0 Å². The summed E-state index contributed by atoms with van der Waals surface area (Å²) in [5.74, 6) is 0. The predicted octanol–water partition coefficient (Wildman–Crippen LogP) is 6.15. The third-order valence-electron chi connectivity index (χ3n) is 6.01. The van der Waals surface area contributed by atoms with Gasteiger partial charge in [-0.3, -0.25) is 4.90 Å². The molecule has 178 valence electrons. The maximum atomic E-state index is 6.49. The number of rotatable bonds is 9. The Kier molecular flexibility index (Phi) is 12.3. The van der Waals surface area contributed by atoms with Gasteiger partial charge in [0.2, 0.25) is 0 Å². The van der Waals surface area contributed by atoms with Gasteiger partial charge in [0.1, 0.15) is 6.10 Å². The third kappa shape index (κ3) is 8.29. The van der Waals surface area contributed by atoms with Crippen LogP contribution < -0.4 is 0 Å². The molecule has 1 atom stereocenters. The van der Waals surface area contributed by atoms with Crippen molar-refractivity contribution in [2.75, 3.05) is 45.9 Å². The minimum absolute atomic E-state index is 0. The lowest BCUT2D eigenvalue weighted by Crippen LogP contribution is -2.47. The van der Waals surface area contributed by atoms with E-state index >= 15 is 0 Å². The molecule has 1 unspecified atom stereocenters. The van der Waals surface area contributed by atoms with E-state index in [-0.39, 0.29) is 30.9 Å². The van der Waals surface area contributed by atoms with Crippen molar-refractivity contribution in [3.8, 4) is 0 Å². The number of ether oxygens (including phenoxy) is 1. The van der Waals surface area contributed by atoms with Crippen LogP contribution in [0.25, 0.3) is 0 Å². The van der Waals surface area contributed by atoms with Crippen LogP contribution in [0, 0.1) is 0 Å². The Balaban J connectivity index is 0.00000193. The Labute approximate surface area is 215 Å². The maximum Gasteiger partial charge on any atom is 0.109 e. The summed E-state index contributed by atoms with van der Waals surface area (Å²) < 4.78 is 6.39. The molecule has 1 aliphatic rings. The standard InChI is InChI=1S/C27H31ClN2O.2ClH/c28-26-14-8-7-13-25(26)27(24-11-5-2-6-12-24)31-22-21-30-19-17-29(18-20-30)16-15-23-9-3-1-4-10-23;;/h1-14,27H,15-22H2;2*1H. The van der Waals surface area contributed by atoms with E-state index in [4.69, 9.17) is 16.3 Å². The van der Waals surface area contributed by atoms with Gasteiger partial charge >= 0.3 is 0 Å². The highest BCUT2D eigenvalue weighted by molar-refractivity contribution is 6.31. The Bertz CT molecular complexity index is 919. The van der Waals surface area contributed by atoms with E-state index in [2.05, 4.69) is 70.5 Å². The van der Waals surface area contributed by atoms with Crippen LogP contribution in [0.1, 0.15) is 22.8 Å². The van der Waals surface area contributed by atoms with Crippen molar-refractivity contribution < 1.29 is 4.74 Å². The SMILES string of the molecule is Cl.Cl.Clc1ccccc1C(OCCN1CCN(CCc2ccccc2)CC1)c1ccccc1. The van der Waals surface area contributed by atoms with Crippen molar-refractivity contribution in [3.63, 3.8) is 0 Å². The molecule has 0 saturated carbocycles. The van der Waals surface area contributed by atoms with Gasteiger partial charge < -0.3 is 9.64 Å². The second-order valence-electron chi connectivity index (χ2n) is 8.10. The van der Waals surface area contributed by atoms with Gasteiger partial charge in [0, 0.05) is 49.9 Å². The summed E-state index contributed by atoms with van der Waals surface area (Å²) in [7, 11) is 0. The second kappa shape index (κ2) is 14.6. The van der Waals surface area contributed by atoms with Crippen LogP contribution in [0.3, 0.4) is 0 Å². The molecule has 3 aromatic rings. The van der Waals surface area contributed by atoms with Crippen molar-refractivity contribution in [1.29, 1.82) is 0 Å². The van der Waals surface area contributed by atoms with E-state index < -0.39 is 0 Å². The summed E-state index contributed by atoms with van der Waals surface area (Å²) in [6.45, 7) is 7.21. The largest absolute Gasteiger partial charge is 0.367 e. The monoisotopic (exact) mass is 506 g/mol. The van der Waals surface area contributed by atoms with Crippen LogP contribution in [0.2, 0.25) is 5.02 Å². The highest BCUT2D eigenvalue weighted by atomic mass is 35.5. The van der Waals surface area contributed by atoms with E-state index in [0.717, 1.165) is 61.8 Å². The summed E-state index contributed by atoms with van der Waals surface area (Å²) in [5, 5.41) is 0.753. The average Bonchev–Trinajstić information content (AvgIpc) is 2.83. The first-order chi connectivity index (χ1) is 15.3. The molecular weight excluding hydrogens is 475 g/mol. The van der Waals surface area contributed by atoms with Crippen molar-refractivity contribution in [3.05, 3.63) is 107 Å². The molecule has 0 spiro atoms. The molecule has 0 aromatic heterocycles. The topological polar surface area (TPSA) is 15.7 Å². The smallest absolute Gasteiger partial charge is 0.109 e. The zero-order valence-electron chi connectivity index (χ0n) is 18.8. The highest BCUT2D eigenvalue weighted by Gasteiger charge is 2.20. The van der Waals surface area contributed by atoms with Gasteiger partial charge in [-0.15, -0.1) is 24.8 Å². The van der Waals surface area contributed by atoms with Crippen LogP contribution in [0.4, 0.5) is 0 Å². The van der Waals surface area contributed by atoms with Crippen LogP contribution >= 0.6 is 36.4 Å². The highest BCUT2D eigenvalue weighted by Crippen LogP contribution is 2.31. The molecular formula is C27H33Cl3N2O. The fourth-order valence-corrected chi connectivity index (χ4v) is 4.38. The molecule has 0 N–H and O–H groups in total. The van der Waals surface area contributed by atoms with Crippen LogP contribution in [0.5, 0.6) is 0 Å². The number of hydrogen-bond donors (Lipinski definition) is 0. The first-order valence-corrected chi connectivity index (χ1v) is 11.6. The quantitative estimate of drug-likeness (QED) is 0.345. The fourth-order valence-electron chi connectivity index (χ4n) is 4.15. The van der Waals surface area contributed by atoms with Gasteiger partial charge in [-0.25, -0.2) is 0 Å². The Hall–Kier alpha value is -1.59. The molecule has 1 fully saturated rings. The molecule has 0 bridgehead atoms. The Morgan fingerprint density at radius 2 is 1.24 bits per heavy atom. The third-order valence-corrected chi connectivity index (χ3v) is 6.35. The molecule has 4 rings (SSSR count). The van der Waals surface area contributed by atoms with Crippen LogP contribution in [-0.4, -0.2) is 55.7 Å². The van der Waals surface area contributed by atoms with E-state index in [1.807, 2.05) is 24.3 Å². The summed E-state index contributed by atoms with van der Waals surface area (Å²) in [6.07, 6.45) is 0.989. The number of nitrogens with zero attached hydrogens (tertiary/aromatic N) is 2. The number of halogens is 3. The van der Waals surface area contributed by atoms with Gasteiger partial charge in [0.15, 0.2) is 0 Å². The summed E-state index contributed by atoms with van der Waals surface area (Å²) in [6, 6.07) is 29.1. The van der Waals surface area contributed by atoms with E-state index in [1.165, 1.54) is 5.56 Å². The predicted molar refractivity (Wildman–Crippen MR) is 143 cm³/mol. The lowest BCUT2D eigenvalue weighted by atomic mass is 10.0. The minimum atomic E-state index is -0.137. The lowest BCUT2D eigenvalue weighted by molar-refractivity contribution is 0.0455. The Morgan fingerprint density at radius 3 is 1.88 bits per heavy atom. The zero-order chi connectivity index (χ0) is 21.3. The van der Waals surface area contributed by atoms with Gasteiger partial charge in [-0.2, -0.15) is 0 Å². The first kappa shape index (κ1) is 27.7. The van der Waals surface area contributed by atoms with Crippen LogP contribution in [0.15, 0.2) is 84.9 Å². The molecule has 3 aromatic carbocycles. The van der Waals surface area contributed by atoms with E-state index in [0.29, 0.717) is 6.61 Å². The van der Waals surface area contributed by atoms with Gasteiger partial charge in [-0.05, 0) is 23.6 Å². The molecule has 1 saturated heterocycles. The first-order valence-electron chi connectivity index (χ1n) is 11.2. The van der Waals surface area contributed by atoms with Crippen molar-refractivity contribution in [2.45, 2.75) is 12.5 Å². The fraction of sp³-hybridized carbons (Fsp3) is 0.333. The summed E-state index contributed by atoms with van der Waals surface area (Å²) >= 11 is 6.49. The number of benzene rings is 3. The summed E-state index contributed by atoms with van der Waals surface area (Å²) in [5.41, 5.74) is 3.59. The number of piperazine rings is 1. The average molecular weight is 508 g/mol. The molecule has 6 heteroatoms. The molecule has 3 nitrogen and oxygen atoms in total. The van der Waals surface area contributed by atoms with Crippen molar-refractivity contribution in [2.24, 2.45) is 0 Å². The summed E-state index contributed by atoms with van der Waals surface area (Å²) in [4.78, 5) is 5.08. The zero-order valence-corrected chi connectivity index (χ0v) is 21.2. The Morgan fingerprint density at radius 1 is 0.697 bits per heavy atom. The molecule has 0 aliphatic carbocycles. The molecule has 33 heavy (non-hydrogen) atoms. The number of hydrogen-bond acceptors (Lipinski definition) is 3. The van der Waals surface area contributed by atoms with Crippen LogP contribution in [-0.2, 0) is 11.2 Å². The van der Waals surface area contributed by atoms with Gasteiger partial charge in [0.25, 0.3) is 0 Å². The second-order valence-corrected chi connectivity index (χ2v) is 8.51. The maximum absolute atomic E-state index is 6.49.